The van der Waals surface area contributed by atoms with E-state index in [0.29, 0.717) is 0 Å². The van der Waals surface area contributed by atoms with Crippen LogP contribution in [0.25, 0.3) is 0 Å². The van der Waals surface area contributed by atoms with Crippen molar-refractivity contribution >= 4 is 5.97 Å². The third-order valence-electron chi connectivity index (χ3n) is 1.65. The van der Waals surface area contributed by atoms with E-state index in [9.17, 15) is 13.6 Å². The minimum atomic E-state index is -2.58. The molecule has 1 rings (SSSR count). The fraction of sp³-hybridized carbons (Fsp3) is 0.333. The van der Waals surface area contributed by atoms with Crippen LogP contribution in [-0.4, -0.2) is 29.1 Å². The van der Waals surface area contributed by atoms with Gasteiger partial charge in [0.1, 0.15) is 0 Å². The lowest BCUT2D eigenvalue weighted by molar-refractivity contribution is 0.0692. The number of aromatic carboxylic acids is 1. The quantitative estimate of drug-likeness (QED) is 0.834. The first kappa shape index (κ1) is 11.4. The monoisotopic (exact) mass is 217 g/mol. The van der Waals surface area contributed by atoms with Crippen LogP contribution >= 0.6 is 0 Å². The summed E-state index contributed by atoms with van der Waals surface area (Å²) < 4.78 is 28.2. The summed E-state index contributed by atoms with van der Waals surface area (Å²) in [5.74, 6) is -1.11. The molecule has 0 unspecified atom stereocenters. The molecule has 0 aliphatic carbocycles. The lowest BCUT2D eigenvalue weighted by Crippen LogP contribution is -2.09. The second-order valence-corrected chi connectivity index (χ2v) is 2.79. The second-order valence-electron chi connectivity index (χ2n) is 2.79. The van der Waals surface area contributed by atoms with E-state index in [-0.39, 0.29) is 17.1 Å². The molecule has 0 bridgehead atoms. The topological polar surface area (TPSA) is 59.4 Å². The summed E-state index contributed by atoms with van der Waals surface area (Å²) in [5, 5.41) is 8.67. The summed E-state index contributed by atoms with van der Waals surface area (Å²) in [7, 11) is 0. The van der Waals surface area contributed by atoms with Gasteiger partial charge in [0.15, 0.2) is 6.61 Å². The van der Waals surface area contributed by atoms with Gasteiger partial charge in [-0.3, -0.25) is 0 Å². The molecule has 1 aromatic rings. The number of rotatable bonds is 4. The van der Waals surface area contributed by atoms with Crippen molar-refractivity contribution in [2.45, 2.75) is 13.3 Å². The average molecular weight is 217 g/mol. The number of alkyl halides is 2. The molecule has 0 fully saturated rings. The van der Waals surface area contributed by atoms with Gasteiger partial charge in [-0.05, 0) is 13.0 Å². The molecule has 1 N–H and O–H groups in total. The molecule has 1 aromatic heterocycles. The third kappa shape index (κ3) is 3.16. The van der Waals surface area contributed by atoms with Crippen LogP contribution in [0.1, 0.15) is 16.1 Å². The van der Waals surface area contributed by atoms with Crippen LogP contribution in [0, 0.1) is 6.92 Å². The zero-order valence-electron chi connectivity index (χ0n) is 7.91. The predicted octanol–water partition coefficient (Wildman–Crippen LogP) is 1.73. The van der Waals surface area contributed by atoms with Crippen LogP contribution in [-0.2, 0) is 0 Å². The standard InChI is InChI=1S/C9H9F2NO3/c1-5-6(9(13)14)2-3-8(12-5)15-4-7(10)11/h2-3,7H,4H2,1H3,(H,13,14). The van der Waals surface area contributed by atoms with Crippen LogP contribution in [0.2, 0.25) is 0 Å². The van der Waals surface area contributed by atoms with Crippen molar-refractivity contribution in [3.05, 3.63) is 23.4 Å². The molecule has 0 aromatic carbocycles. The van der Waals surface area contributed by atoms with Gasteiger partial charge < -0.3 is 9.84 Å². The van der Waals surface area contributed by atoms with Crippen molar-refractivity contribution in [1.82, 2.24) is 4.98 Å². The molecular formula is C9H9F2NO3. The number of pyridine rings is 1. The number of hydrogen-bond acceptors (Lipinski definition) is 3. The van der Waals surface area contributed by atoms with Gasteiger partial charge in [-0.25, -0.2) is 18.6 Å². The number of carboxylic acids is 1. The molecule has 0 atom stereocenters. The lowest BCUT2D eigenvalue weighted by Gasteiger charge is -2.06. The number of carboxylic acid groups (broad SMARTS) is 1. The number of aryl methyl sites for hydroxylation is 1. The van der Waals surface area contributed by atoms with Gasteiger partial charge in [-0.15, -0.1) is 0 Å². The molecule has 0 saturated carbocycles. The maximum Gasteiger partial charge on any atom is 0.337 e. The highest BCUT2D eigenvalue weighted by Crippen LogP contribution is 2.13. The van der Waals surface area contributed by atoms with E-state index in [2.05, 4.69) is 9.72 Å². The SMILES string of the molecule is Cc1nc(OCC(F)F)ccc1C(=O)O. The van der Waals surface area contributed by atoms with Crippen molar-refractivity contribution in [2.24, 2.45) is 0 Å². The van der Waals surface area contributed by atoms with E-state index < -0.39 is 19.0 Å². The van der Waals surface area contributed by atoms with E-state index in [1.165, 1.54) is 19.1 Å². The maximum atomic E-state index is 11.8. The third-order valence-corrected chi connectivity index (χ3v) is 1.65. The smallest absolute Gasteiger partial charge is 0.337 e. The number of carbonyl (C=O) groups is 1. The average Bonchev–Trinajstić information content (AvgIpc) is 2.14. The van der Waals surface area contributed by atoms with Crippen LogP contribution in [0.4, 0.5) is 8.78 Å². The fourth-order valence-electron chi connectivity index (χ4n) is 0.993. The highest BCUT2D eigenvalue weighted by Gasteiger charge is 2.10. The molecule has 1 heterocycles. The van der Waals surface area contributed by atoms with E-state index in [1.54, 1.807) is 0 Å². The van der Waals surface area contributed by atoms with Gasteiger partial charge in [0.2, 0.25) is 5.88 Å². The molecule has 15 heavy (non-hydrogen) atoms. The summed E-state index contributed by atoms with van der Waals surface area (Å²) in [5.41, 5.74) is 0.258. The number of aromatic nitrogens is 1. The lowest BCUT2D eigenvalue weighted by atomic mass is 10.2. The Morgan fingerprint density at radius 2 is 2.27 bits per heavy atom. The van der Waals surface area contributed by atoms with Crippen molar-refractivity contribution < 1.29 is 23.4 Å². The minimum Gasteiger partial charge on any atom is -0.478 e. The first-order valence-corrected chi connectivity index (χ1v) is 4.12. The van der Waals surface area contributed by atoms with E-state index in [0.717, 1.165) is 0 Å². The summed E-state index contributed by atoms with van der Waals surface area (Å²) >= 11 is 0. The second kappa shape index (κ2) is 4.68. The zero-order chi connectivity index (χ0) is 11.4. The Labute approximate surface area is 84.5 Å². The molecule has 0 saturated heterocycles. The molecule has 4 nitrogen and oxygen atoms in total. The van der Waals surface area contributed by atoms with E-state index in [4.69, 9.17) is 5.11 Å². The zero-order valence-corrected chi connectivity index (χ0v) is 7.91. The molecule has 0 amide bonds. The summed E-state index contributed by atoms with van der Waals surface area (Å²) in [6.07, 6.45) is -2.58. The summed E-state index contributed by atoms with van der Waals surface area (Å²) in [4.78, 5) is 14.3. The van der Waals surface area contributed by atoms with E-state index in [1.807, 2.05) is 0 Å². The highest BCUT2D eigenvalue weighted by molar-refractivity contribution is 5.88. The van der Waals surface area contributed by atoms with Gasteiger partial charge in [0, 0.05) is 6.07 Å². The van der Waals surface area contributed by atoms with Gasteiger partial charge in [-0.1, -0.05) is 0 Å². The normalized spacial score (nSPS) is 10.4. The molecule has 0 aliphatic heterocycles. The Morgan fingerprint density at radius 3 is 2.73 bits per heavy atom. The van der Waals surface area contributed by atoms with E-state index >= 15 is 0 Å². The number of hydrogen-bond donors (Lipinski definition) is 1. The molecule has 6 heteroatoms. The van der Waals surface area contributed by atoms with Crippen LogP contribution < -0.4 is 4.74 Å². The number of ether oxygens (including phenoxy) is 1. The molecule has 0 radical (unpaired) electrons. The molecular weight excluding hydrogens is 208 g/mol. The van der Waals surface area contributed by atoms with Crippen LogP contribution in [0.15, 0.2) is 12.1 Å². The summed E-state index contributed by atoms with van der Waals surface area (Å²) in [6.45, 7) is 0.720. The maximum absolute atomic E-state index is 11.8. The Kier molecular flexibility index (Phi) is 3.54. The predicted molar refractivity (Wildman–Crippen MR) is 47.4 cm³/mol. The largest absolute Gasteiger partial charge is 0.478 e. The first-order valence-electron chi connectivity index (χ1n) is 4.12. The van der Waals surface area contributed by atoms with Crippen molar-refractivity contribution in [3.8, 4) is 5.88 Å². The summed E-state index contributed by atoms with van der Waals surface area (Å²) in [6, 6.07) is 2.52. The van der Waals surface area contributed by atoms with Crippen molar-refractivity contribution in [1.29, 1.82) is 0 Å². The molecule has 0 spiro atoms. The van der Waals surface area contributed by atoms with Gasteiger partial charge in [-0.2, -0.15) is 0 Å². The fourth-order valence-corrected chi connectivity index (χ4v) is 0.993. The van der Waals surface area contributed by atoms with Crippen LogP contribution in [0.5, 0.6) is 5.88 Å². The minimum absolute atomic E-state index is 0.00204. The van der Waals surface area contributed by atoms with Gasteiger partial charge in [0.05, 0.1) is 11.3 Å². The Morgan fingerprint density at radius 1 is 1.60 bits per heavy atom. The molecule has 0 aliphatic rings. The number of nitrogens with zero attached hydrogens (tertiary/aromatic N) is 1. The van der Waals surface area contributed by atoms with Gasteiger partial charge >= 0.3 is 5.97 Å². The molecule has 82 valence electrons. The van der Waals surface area contributed by atoms with Crippen molar-refractivity contribution in [3.63, 3.8) is 0 Å². The van der Waals surface area contributed by atoms with Crippen LogP contribution in [0.3, 0.4) is 0 Å². The Hall–Kier alpha value is -1.72. The Balaban J connectivity index is 2.78. The van der Waals surface area contributed by atoms with Gasteiger partial charge in [0.25, 0.3) is 6.43 Å². The first-order chi connectivity index (χ1) is 7.00. The van der Waals surface area contributed by atoms with Crippen molar-refractivity contribution in [2.75, 3.05) is 6.61 Å². The number of halogens is 2. The highest BCUT2D eigenvalue weighted by atomic mass is 19.3. The Bertz CT molecular complexity index is 368.